The van der Waals surface area contributed by atoms with Gasteiger partial charge < -0.3 is 14.6 Å². The molecule has 1 aromatic heterocycles. The van der Waals surface area contributed by atoms with Crippen LogP contribution in [0.1, 0.15) is 36.8 Å². The van der Waals surface area contributed by atoms with E-state index in [0.29, 0.717) is 18.0 Å². The molecule has 0 unspecified atom stereocenters. The van der Waals surface area contributed by atoms with Crippen molar-refractivity contribution in [3.05, 3.63) is 52.9 Å². The lowest BCUT2D eigenvalue weighted by atomic mass is 10.1. The number of hydrogen-bond acceptors (Lipinski definition) is 5. The zero-order valence-corrected chi connectivity index (χ0v) is 19.2. The van der Waals surface area contributed by atoms with Crippen LogP contribution in [0.2, 0.25) is 0 Å². The number of rotatable bonds is 9. The number of ether oxygens (including phenoxy) is 1. The van der Waals surface area contributed by atoms with Gasteiger partial charge in [0.2, 0.25) is 10.0 Å². The van der Waals surface area contributed by atoms with E-state index in [4.69, 9.17) is 4.74 Å². The van der Waals surface area contributed by atoms with Gasteiger partial charge in [-0.15, -0.1) is 0 Å². The third-order valence-electron chi connectivity index (χ3n) is 4.83. The molecular weight excluding hydrogens is 416 g/mol. The zero-order valence-electron chi connectivity index (χ0n) is 18.4. The first-order valence-corrected chi connectivity index (χ1v) is 11.5. The number of nitriles is 1. The van der Waals surface area contributed by atoms with Gasteiger partial charge in [0.25, 0.3) is 5.91 Å². The Morgan fingerprint density at radius 2 is 1.87 bits per heavy atom. The Balaban J connectivity index is 2.20. The summed E-state index contributed by atoms with van der Waals surface area (Å²) in [4.78, 5) is 12.6. The van der Waals surface area contributed by atoms with Gasteiger partial charge >= 0.3 is 0 Å². The van der Waals surface area contributed by atoms with E-state index in [9.17, 15) is 18.5 Å². The number of aryl methyl sites for hydroxylation is 1. The van der Waals surface area contributed by atoms with Gasteiger partial charge in [-0.1, -0.05) is 0 Å². The van der Waals surface area contributed by atoms with Gasteiger partial charge in [-0.3, -0.25) is 9.52 Å². The molecule has 166 valence electrons. The summed E-state index contributed by atoms with van der Waals surface area (Å²) in [5.74, 6) is -0.578. The Kier molecular flexibility index (Phi) is 8.02. The molecule has 2 aromatic rings. The molecule has 8 nitrogen and oxygen atoms in total. The highest BCUT2D eigenvalue weighted by Crippen LogP contribution is 2.23. The second-order valence-corrected chi connectivity index (χ2v) is 9.22. The first-order valence-electron chi connectivity index (χ1n) is 9.82. The summed E-state index contributed by atoms with van der Waals surface area (Å²) in [6.07, 6.45) is 1.57. The molecular formula is C22H28N4O4S. The Bertz CT molecular complexity index is 1110. The van der Waals surface area contributed by atoms with E-state index >= 15 is 0 Å². The fourth-order valence-electron chi connectivity index (χ4n) is 3.32. The number of amides is 1. The van der Waals surface area contributed by atoms with Crippen molar-refractivity contribution in [1.29, 1.82) is 5.26 Å². The molecule has 0 saturated heterocycles. The number of methoxy groups -OCH3 is 1. The van der Waals surface area contributed by atoms with Crippen LogP contribution in [0.5, 0.6) is 0 Å². The predicted molar refractivity (Wildman–Crippen MR) is 122 cm³/mol. The molecule has 0 radical (unpaired) electrons. The summed E-state index contributed by atoms with van der Waals surface area (Å²) >= 11 is 0. The van der Waals surface area contributed by atoms with Crippen molar-refractivity contribution >= 4 is 33.4 Å². The van der Waals surface area contributed by atoms with Crippen molar-refractivity contribution in [1.82, 2.24) is 4.57 Å². The molecule has 0 aliphatic carbocycles. The number of sulfonamides is 1. The van der Waals surface area contributed by atoms with Crippen LogP contribution in [0.4, 0.5) is 11.4 Å². The Hall–Kier alpha value is -3.09. The minimum Gasteiger partial charge on any atom is -0.383 e. The lowest BCUT2D eigenvalue weighted by molar-refractivity contribution is -0.112. The van der Waals surface area contributed by atoms with Crippen molar-refractivity contribution < 1.29 is 17.9 Å². The smallest absolute Gasteiger partial charge is 0.266 e. The normalized spacial score (nSPS) is 12.8. The molecule has 2 rings (SSSR count). The van der Waals surface area contributed by atoms with Crippen LogP contribution in [-0.4, -0.2) is 38.4 Å². The lowest BCUT2D eigenvalue weighted by Crippen LogP contribution is -2.15. The second kappa shape index (κ2) is 10.3. The van der Waals surface area contributed by atoms with Crippen LogP contribution in [-0.2, 0) is 19.6 Å². The standard InChI is InChI=1S/C22H28N4O4S/c1-6-31(28,29)25-21-9-7-20(8-10-21)24-22(27)19(13-23)12-18-11-15(2)26(17(18)4)16(3)14-30-5/h7-12,16,25H,6,14H2,1-5H3,(H,24,27)/b19-12+/t16-/m1/s1. The molecule has 9 heteroatoms. The fourth-order valence-corrected chi connectivity index (χ4v) is 3.96. The maximum Gasteiger partial charge on any atom is 0.266 e. The van der Waals surface area contributed by atoms with Gasteiger partial charge in [0.1, 0.15) is 11.6 Å². The van der Waals surface area contributed by atoms with Crippen LogP contribution in [0.15, 0.2) is 35.9 Å². The Labute approximate surface area is 183 Å². The van der Waals surface area contributed by atoms with Gasteiger partial charge in [0.05, 0.1) is 18.4 Å². The Morgan fingerprint density at radius 1 is 1.26 bits per heavy atom. The molecule has 1 aromatic carbocycles. The van der Waals surface area contributed by atoms with Crippen LogP contribution in [0, 0.1) is 25.2 Å². The van der Waals surface area contributed by atoms with Gasteiger partial charge in [0, 0.05) is 29.9 Å². The van der Waals surface area contributed by atoms with Crippen molar-refractivity contribution in [3.8, 4) is 6.07 Å². The number of nitrogens with zero attached hydrogens (tertiary/aromatic N) is 2. The van der Waals surface area contributed by atoms with E-state index in [0.717, 1.165) is 17.0 Å². The van der Waals surface area contributed by atoms with Crippen LogP contribution >= 0.6 is 0 Å². The fraction of sp³-hybridized carbons (Fsp3) is 0.364. The summed E-state index contributed by atoms with van der Waals surface area (Å²) < 4.78 is 33.0. The molecule has 0 saturated carbocycles. The monoisotopic (exact) mass is 444 g/mol. The Morgan fingerprint density at radius 3 is 2.42 bits per heavy atom. The van der Waals surface area contributed by atoms with Crippen molar-refractivity contribution in [2.75, 3.05) is 29.5 Å². The summed E-state index contributed by atoms with van der Waals surface area (Å²) in [6, 6.07) is 10.2. The van der Waals surface area contributed by atoms with E-state index < -0.39 is 15.9 Å². The number of carbonyl (C=O) groups excluding carboxylic acids is 1. The number of hydrogen-bond donors (Lipinski definition) is 2. The van der Waals surface area contributed by atoms with E-state index in [1.54, 1.807) is 44.4 Å². The summed E-state index contributed by atoms with van der Waals surface area (Å²) in [6.45, 7) is 8.04. The van der Waals surface area contributed by atoms with E-state index in [2.05, 4.69) is 14.6 Å². The molecule has 0 fully saturated rings. The van der Waals surface area contributed by atoms with Crippen molar-refractivity contribution in [2.45, 2.75) is 33.7 Å². The first kappa shape index (κ1) is 24.2. The third kappa shape index (κ3) is 6.20. The molecule has 0 spiro atoms. The van der Waals surface area contributed by atoms with Gasteiger partial charge in [-0.25, -0.2) is 8.42 Å². The van der Waals surface area contributed by atoms with Gasteiger partial charge in [-0.2, -0.15) is 5.26 Å². The number of anilines is 2. The number of nitrogens with one attached hydrogen (secondary N) is 2. The average Bonchev–Trinajstić information content (AvgIpc) is 3.00. The molecule has 1 heterocycles. The van der Waals surface area contributed by atoms with E-state index in [-0.39, 0.29) is 17.4 Å². The summed E-state index contributed by atoms with van der Waals surface area (Å²) in [5, 5.41) is 12.2. The highest BCUT2D eigenvalue weighted by atomic mass is 32.2. The van der Waals surface area contributed by atoms with Gasteiger partial charge in [0.15, 0.2) is 0 Å². The number of carbonyl (C=O) groups is 1. The highest BCUT2D eigenvalue weighted by Gasteiger charge is 2.16. The number of benzene rings is 1. The summed E-state index contributed by atoms with van der Waals surface area (Å²) in [7, 11) is -1.73. The molecule has 1 atom stereocenters. The van der Waals surface area contributed by atoms with Crippen molar-refractivity contribution in [3.63, 3.8) is 0 Å². The quantitative estimate of drug-likeness (QED) is 0.453. The molecule has 0 bridgehead atoms. The lowest BCUT2D eigenvalue weighted by Gasteiger charge is -2.17. The van der Waals surface area contributed by atoms with Crippen LogP contribution in [0.25, 0.3) is 6.08 Å². The predicted octanol–water partition coefficient (Wildman–Crippen LogP) is 3.62. The van der Waals surface area contributed by atoms with Crippen molar-refractivity contribution in [2.24, 2.45) is 0 Å². The second-order valence-electron chi connectivity index (χ2n) is 7.21. The SMILES string of the molecule is CCS(=O)(=O)Nc1ccc(NC(=O)/C(C#N)=C/c2cc(C)n([C@H](C)COC)c2C)cc1. The average molecular weight is 445 g/mol. The van der Waals surface area contributed by atoms with Gasteiger partial charge in [-0.05, 0) is 69.7 Å². The first-order chi connectivity index (χ1) is 14.6. The molecule has 2 N–H and O–H groups in total. The van der Waals surface area contributed by atoms with Crippen LogP contribution in [0.3, 0.4) is 0 Å². The molecule has 1 amide bonds. The largest absolute Gasteiger partial charge is 0.383 e. The maximum absolute atomic E-state index is 12.6. The zero-order chi connectivity index (χ0) is 23.2. The summed E-state index contributed by atoms with van der Waals surface area (Å²) in [5.41, 5.74) is 3.55. The maximum atomic E-state index is 12.6. The molecule has 31 heavy (non-hydrogen) atoms. The van der Waals surface area contributed by atoms with E-state index in [1.165, 1.54) is 0 Å². The van der Waals surface area contributed by atoms with Crippen LogP contribution < -0.4 is 10.0 Å². The molecule has 0 aliphatic rings. The third-order valence-corrected chi connectivity index (χ3v) is 6.14. The minimum absolute atomic E-state index is 0.0320. The highest BCUT2D eigenvalue weighted by molar-refractivity contribution is 7.92. The van der Waals surface area contributed by atoms with E-state index in [1.807, 2.05) is 32.9 Å². The topological polar surface area (TPSA) is 113 Å². The minimum atomic E-state index is -3.38. The molecule has 0 aliphatic heterocycles. The number of aromatic nitrogens is 1.